The predicted octanol–water partition coefficient (Wildman–Crippen LogP) is 4.63. The third kappa shape index (κ3) is 3.58. The molecular weight excluding hydrogens is 452 g/mol. The van der Waals surface area contributed by atoms with Crippen molar-refractivity contribution in [2.45, 2.75) is 50.6 Å². The highest BCUT2D eigenvalue weighted by molar-refractivity contribution is 6.31. The zero-order valence-electron chi connectivity index (χ0n) is 18.4. The summed E-state index contributed by atoms with van der Waals surface area (Å²) >= 11 is 12.3. The van der Waals surface area contributed by atoms with Gasteiger partial charge >= 0.3 is 0 Å². The van der Waals surface area contributed by atoms with E-state index >= 15 is 0 Å². The number of nitrogens with one attached hydrogen (secondary N) is 3. The molecule has 170 valence electrons. The van der Waals surface area contributed by atoms with Gasteiger partial charge in [-0.05, 0) is 47.2 Å². The Morgan fingerprint density at radius 3 is 2.56 bits per heavy atom. The molecule has 4 rings (SSSR count). The van der Waals surface area contributed by atoms with Crippen LogP contribution in [0.2, 0.25) is 10.0 Å². The van der Waals surface area contributed by atoms with E-state index in [1.165, 1.54) is 12.1 Å². The van der Waals surface area contributed by atoms with Gasteiger partial charge in [0.05, 0.1) is 11.1 Å². The summed E-state index contributed by atoms with van der Waals surface area (Å²) in [7, 11) is 1.56. The second-order valence-electron chi connectivity index (χ2n) is 9.74. The molecule has 2 aromatic rings. The number of carbonyl (C=O) groups is 2. The van der Waals surface area contributed by atoms with Crippen molar-refractivity contribution in [3.63, 3.8) is 0 Å². The molecular formula is C24H26Cl2FN3O2. The highest BCUT2D eigenvalue weighted by Crippen LogP contribution is 2.57. The van der Waals surface area contributed by atoms with Gasteiger partial charge in [-0.15, -0.1) is 0 Å². The predicted molar refractivity (Wildman–Crippen MR) is 125 cm³/mol. The van der Waals surface area contributed by atoms with E-state index in [0.29, 0.717) is 22.7 Å². The van der Waals surface area contributed by atoms with Gasteiger partial charge in [-0.25, -0.2) is 4.39 Å². The second-order valence-corrected chi connectivity index (χ2v) is 10.6. The van der Waals surface area contributed by atoms with Gasteiger partial charge in [0.25, 0.3) is 0 Å². The Kier molecular flexibility index (Phi) is 5.76. The number of hydrogen-bond donors (Lipinski definition) is 3. The standard InChI is InChI=1S/C24H26Cl2FN3O2/c1-23(2,3)11-18-24(14-9-16(27)15(26)10-17(14)29-22(24)32)19(20(30-18)21(31)28-4)12-6-5-7-13(25)8-12/h5-10,18-20,30H,11H2,1-4H3,(H,28,31)(H,29,32)/t18-,19+,20-,24+/m1/s1. The molecule has 1 spiro atoms. The monoisotopic (exact) mass is 477 g/mol. The van der Waals surface area contributed by atoms with Crippen molar-refractivity contribution in [3.05, 3.63) is 63.4 Å². The lowest BCUT2D eigenvalue weighted by Gasteiger charge is -2.37. The molecule has 2 heterocycles. The van der Waals surface area contributed by atoms with Crippen LogP contribution in [0.5, 0.6) is 0 Å². The van der Waals surface area contributed by atoms with E-state index < -0.39 is 29.2 Å². The molecule has 4 atom stereocenters. The van der Waals surface area contributed by atoms with Crippen LogP contribution in [0.4, 0.5) is 10.1 Å². The number of hydrogen-bond acceptors (Lipinski definition) is 3. The van der Waals surface area contributed by atoms with Crippen LogP contribution < -0.4 is 16.0 Å². The van der Waals surface area contributed by atoms with Crippen LogP contribution >= 0.6 is 23.2 Å². The maximum atomic E-state index is 14.7. The lowest BCUT2D eigenvalue weighted by Crippen LogP contribution is -2.49. The molecule has 0 saturated carbocycles. The summed E-state index contributed by atoms with van der Waals surface area (Å²) in [5.41, 5.74) is 0.299. The molecule has 2 amide bonds. The summed E-state index contributed by atoms with van der Waals surface area (Å²) in [6.07, 6.45) is 0.578. The first-order valence-electron chi connectivity index (χ1n) is 10.5. The number of halogens is 3. The van der Waals surface area contributed by atoms with E-state index in [2.05, 4.69) is 36.7 Å². The molecule has 2 aliphatic heterocycles. The third-order valence-electron chi connectivity index (χ3n) is 6.44. The molecule has 1 saturated heterocycles. The Balaban J connectivity index is 2.03. The van der Waals surface area contributed by atoms with Gasteiger partial charge in [-0.2, -0.15) is 0 Å². The van der Waals surface area contributed by atoms with Crippen LogP contribution in [-0.4, -0.2) is 30.9 Å². The van der Waals surface area contributed by atoms with Crippen LogP contribution in [0.1, 0.15) is 44.2 Å². The van der Waals surface area contributed by atoms with Crippen molar-refractivity contribution in [3.8, 4) is 0 Å². The Morgan fingerprint density at radius 1 is 1.22 bits per heavy atom. The van der Waals surface area contributed by atoms with E-state index in [0.717, 1.165) is 5.56 Å². The number of amides is 2. The molecule has 2 aliphatic rings. The SMILES string of the molecule is CNC(=O)[C@@H]1N[C@H](CC(C)(C)C)[C@]2(C(=O)Nc3cc(Cl)c(F)cc32)[C@H]1c1cccc(Cl)c1. The lowest BCUT2D eigenvalue weighted by molar-refractivity contribution is -0.123. The minimum atomic E-state index is -1.23. The maximum absolute atomic E-state index is 14.7. The summed E-state index contributed by atoms with van der Waals surface area (Å²) in [6.45, 7) is 6.21. The van der Waals surface area contributed by atoms with E-state index in [4.69, 9.17) is 23.2 Å². The summed E-state index contributed by atoms with van der Waals surface area (Å²) in [6, 6.07) is 8.77. The minimum absolute atomic E-state index is 0.0680. The molecule has 0 unspecified atom stereocenters. The van der Waals surface area contributed by atoms with E-state index in [1.807, 2.05) is 6.07 Å². The normalized spacial score (nSPS) is 26.8. The van der Waals surface area contributed by atoms with Crippen molar-refractivity contribution >= 4 is 40.7 Å². The van der Waals surface area contributed by atoms with Crippen LogP contribution in [0, 0.1) is 11.2 Å². The number of carbonyl (C=O) groups excluding carboxylic acids is 2. The second kappa shape index (κ2) is 8.01. The van der Waals surface area contributed by atoms with Crippen molar-refractivity contribution in [2.24, 2.45) is 5.41 Å². The van der Waals surface area contributed by atoms with Gasteiger partial charge in [-0.1, -0.05) is 56.1 Å². The first kappa shape index (κ1) is 23.0. The molecule has 2 aromatic carbocycles. The molecule has 0 aliphatic carbocycles. The summed E-state index contributed by atoms with van der Waals surface area (Å²) in [5.74, 6) is -1.76. The Labute approximate surface area is 197 Å². The summed E-state index contributed by atoms with van der Waals surface area (Å²) in [5, 5.41) is 9.48. The Morgan fingerprint density at radius 2 is 1.94 bits per heavy atom. The highest BCUT2D eigenvalue weighted by atomic mass is 35.5. The van der Waals surface area contributed by atoms with Crippen LogP contribution in [0.15, 0.2) is 36.4 Å². The van der Waals surface area contributed by atoms with Crippen LogP contribution in [0.3, 0.4) is 0 Å². The van der Waals surface area contributed by atoms with Gasteiger partial charge in [-0.3, -0.25) is 9.59 Å². The fourth-order valence-corrected chi connectivity index (χ4v) is 5.65. The highest BCUT2D eigenvalue weighted by Gasteiger charge is 2.65. The smallest absolute Gasteiger partial charge is 0.237 e. The lowest BCUT2D eigenvalue weighted by atomic mass is 9.62. The van der Waals surface area contributed by atoms with Crippen LogP contribution in [-0.2, 0) is 15.0 Å². The molecule has 32 heavy (non-hydrogen) atoms. The van der Waals surface area contributed by atoms with Gasteiger partial charge in [0.1, 0.15) is 11.2 Å². The quantitative estimate of drug-likeness (QED) is 0.603. The first-order chi connectivity index (χ1) is 15.0. The zero-order chi connectivity index (χ0) is 23.4. The zero-order valence-corrected chi connectivity index (χ0v) is 19.9. The Bertz CT molecular complexity index is 1100. The van der Waals surface area contributed by atoms with Crippen molar-refractivity contribution in [2.75, 3.05) is 12.4 Å². The fourth-order valence-electron chi connectivity index (χ4n) is 5.29. The maximum Gasteiger partial charge on any atom is 0.237 e. The van der Waals surface area contributed by atoms with E-state index in [1.54, 1.807) is 25.2 Å². The van der Waals surface area contributed by atoms with Crippen LogP contribution in [0.25, 0.3) is 0 Å². The molecule has 0 aromatic heterocycles. The van der Waals surface area contributed by atoms with Crippen molar-refractivity contribution < 1.29 is 14.0 Å². The number of fused-ring (bicyclic) bond motifs is 2. The molecule has 1 fully saturated rings. The van der Waals surface area contributed by atoms with Gasteiger partial charge in [0.15, 0.2) is 0 Å². The van der Waals surface area contributed by atoms with Gasteiger partial charge in [0, 0.05) is 29.7 Å². The van der Waals surface area contributed by atoms with E-state index in [9.17, 15) is 14.0 Å². The average molecular weight is 478 g/mol. The topological polar surface area (TPSA) is 70.2 Å². The summed E-state index contributed by atoms with van der Waals surface area (Å²) in [4.78, 5) is 26.9. The molecule has 3 N–H and O–H groups in total. The third-order valence-corrected chi connectivity index (χ3v) is 6.96. The number of anilines is 1. The fraction of sp³-hybridized carbons (Fsp3) is 0.417. The molecule has 0 radical (unpaired) electrons. The number of likely N-dealkylation sites (N-methyl/N-ethyl adjacent to an activating group) is 1. The van der Waals surface area contributed by atoms with E-state index in [-0.39, 0.29) is 22.3 Å². The minimum Gasteiger partial charge on any atom is -0.358 e. The largest absolute Gasteiger partial charge is 0.358 e. The van der Waals surface area contributed by atoms with Gasteiger partial charge < -0.3 is 16.0 Å². The molecule has 8 heteroatoms. The van der Waals surface area contributed by atoms with Gasteiger partial charge in [0.2, 0.25) is 11.8 Å². The average Bonchev–Trinajstić information content (AvgIpc) is 3.17. The van der Waals surface area contributed by atoms with Crippen molar-refractivity contribution in [1.29, 1.82) is 0 Å². The molecule has 5 nitrogen and oxygen atoms in total. The summed E-state index contributed by atoms with van der Waals surface area (Å²) < 4.78 is 14.7. The Hall–Kier alpha value is -2.15. The number of benzene rings is 2. The van der Waals surface area contributed by atoms with Crippen molar-refractivity contribution in [1.82, 2.24) is 10.6 Å². The number of rotatable bonds is 3. The molecule has 0 bridgehead atoms. The first-order valence-corrected chi connectivity index (χ1v) is 11.3.